The van der Waals surface area contributed by atoms with Gasteiger partial charge in [-0.1, -0.05) is 46.8 Å². The van der Waals surface area contributed by atoms with Gasteiger partial charge in [0.2, 0.25) is 0 Å². The van der Waals surface area contributed by atoms with Gasteiger partial charge in [0.1, 0.15) is 12.4 Å². The molecule has 0 amide bonds. The topological polar surface area (TPSA) is 159 Å². The highest BCUT2D eigenvalue weighted by atomic mass is 16.6. The second-order valence-electron chi connectivity index (χ2n) is 15.3. The lowest BCUT2D eigenvalue weighted by Gasteiger charge is -2.33. The smallest absolute Gasteiger partial charge is 0.119 e. The standard InChI is InChI=1S/C44H82O16/c1-43(2,3)40-44(4,5)41-6-8-42(9-7-41)60-39-38-59-37-36-58-35-34-57-33-32-56-31-30-55-29-28-54-27-26-53-25-24-52-23-22-51-21-20-50-19-18-49-17-16-48-15-14-47-13-12-46-11-10-45/h6-9,45H,10-40H2,1-5H3. The Bertz CT molecular complexity index is 1010. The van der Waals surface area contributed by atoms with Crippen molar-refractivity contribution in [3.05, 3.63) is 29.8 Å². The van der Waals surface area contributed by atoms with Crippen LogP contribution in [0.4, 0.5) is 0 Å². The molecule has 0 aliphatic heterocycles. The molecular formula is C44H82O16. The lowest BCUT2D eigenvalue weighted by molar-refractivity contribution is -0.0298. The van der Waals surface area contributed by atoms with E-state index in [9.17, 15) is 0 Å². The molecule has 16 nitrogen and oxygen atoms in total. The molecule has 0 unspecified atom stereocenters. The summed E-state index contributed by atoms with van der Waals surface area (Å²) in [5.41, 5.74) is 1.72. The van der Waals surface area contributed by atoms with Crippen molar-refractivity contribution in [2.75, 3.05) is 198 Å². The van der Waals surface area contributed by atoms with Crippen molar-refractivity contribution in [3.63, 3.8) is 0 Å². The van der Waals surface area contributed by atoms with Crippen LogP contribution in [0.25, 0.3) is 0 Å². The Hall–Kier alpha value is -1.58. The number of hydrogen-bond acceptors (Lipinski definition) is 16. The molecule has 354 valence electrons. The largest absolute Gasteiger partial charge is 0.491 e. The van der Waals surface area contributed by atoms with Crippen LogP contribution >= 0.6 is 0 Å². The molecule has 0 aliphatic carbocycles. The summed E-state index contributed by atoms with van der Waals surface area (Å²) in [5, 5.41) is 8.60. The zero-order valence-electron chi connectivity index (χ0n) is 37.8. The van der Waals surface area contributed by atoms with Gasteiger partial charge in [-0.3, -0.25) is 0 Å². The molecule has 1 rings (SSSR count). The van der Waals surface area contributed by atoms with Crippen LogP contribution in [-0.2, 0) is 71.7 Å². The molecule has 0 aliphatic rings. The monoisotopic (exact) mass is 867 g/mol. The molecule has 0 fully saturated rings. The molecule has 1 aromatic rings. The van der Waals surface area contributed by atoms with Gasteiger partial charge in [0.05, 0.1) is 192 Å². The predicted molar refractivity (Wildman–Crippen MR) is 228 cm³/mol. The van der Waals surface area contributed by atoms with Gasteiger partial charge >= 0.3 is 0 Å². The molecule has 16 heteroatoms. The molecule has 0 saturated carbocycles. The molecule has 0 aromatic heterocycles. The average Bonchev–Trinajstić information content (AvgIpc) is 3.21. The van der Waals surface area contributed by atoms with Crippen molar-refractivity contribution in [1.29, 1.82) is 0 Å². The Balaban J connectivity index is 1.68. The molecule has 0 bridgehead atoms. The maximum Gasteiger partial charge on any atom is 0.119 e. The first kappa shape index (κ1) is 56.4. The van der Waals surface area contributed by atoms with Crippen LogP contribution in [0.3, 0.4) is 0 Å². The summed E-state index contributed by atoms with van der Waals surface area (Å²) in [6.45, 7) is 25.8. The molecule has 0 saturated heterocycles. The van der Waals surface area contributed by atoms with Crippen molar-refractivity contribution in [3.8, 4) is 5.75 Å². The third-order valence-corrected chi connectivity index (χ3v) is 8.18. The number of ether oxygens (including phenoxy) is 15. The zero-order chi connectivity index (χ0) is 43.5. The Morgan fingerprint density at radius 3 is 0.750 bits per heavy atom. The van der Waals surface area contributed by atoms with Crippen molar-refractivity contribution in [2.45, 2.75) is 46.5 Å². The number of benzene rings is 1. The molecular weight excluding hydrogens is 784 g/mol. The van der Waals surface area contributed by atoms with Gasteiger partial charge in [-0.2, -0.15) is 0 Å². The minimum atomic E-state index is 0.0220. The molecule has 0 radical (unpaired) electrons. The van der Waals surface area contributed by atoms with Gasteiger partial charge < -0.3 is 76.2 Å². The van der Waals surface area contributed by atoms with Gasteiger partial charge in [-0.25, -0.2) is 0 Å². The third kappa shape index (κ3) is 39.3. The first-order valence-corrected chi connectivity index (χ1v) is 21.7. The van der Waals surface area contributed by atoms with E-state index in [4.69, 9.17) is 76.2 Å². The minimum absolute atomic E-state index is 0.0220. The fourth-order valence-corrected chi connectivity index (χ4v) is 5.67. The van der Waals surface area contributed by atoms with Gasteiger partial charge in [0, 0.05) is 0 Å². The second kappa shape index (κ2) is 41.4. The van der Waals surface area contributed by atoms with E-state index < -0.39 is 0 Å². The highest BCUT2D eigenvalue weighted by molar-refractivity contribution is 5.31. The number of rotatable bonds is 47. The summed E-state index contributed by atoms with van der Waals surface area (Å²) >= 11 is 0. The number of aliphatic hydroxyl groups is 1. The van der Waals surface area contributed by atoms with Crippen molar-refractivity contribution >= 4 is 0 Å². The van der Waals surface area contributed by atoms with Gasteiger partial charge in [0.25, 0.3) is 0 Å². The van der Waals surface area contributed by atoms with Gasteiger partial charge in [-0.05, 0) is 34.9 Å². The zero-order valence-corrected chi connectivity index (χ0v) is 37.8. The van der Waals surface area contributed by atoms with Crippen LogP contribution in [0, 0.1) is 5.41 Å². The minimum Gasteiger partial charge on any atom is -0.491 e. The Labute approximate surface area is 361 Å². The number of aliphatic hydroxyl groups excluding tert-OH is 1. The average molecular weight is 867 g/mol. The van der Waals surface area contributed by atoms with Crippen molar-refractivity contribution in [1.82, 2.24) is 0 Å². The normalized spacial score (nSPS) is 12.2. The van der Waals surface area contributed by atoms with Crippen LogP contribution in [0.15, 0.2) is 24.3 Å². The van der Waals surface area contributed by atoms with Gasteiger partial charge in [0.15, 0.2) is 0 Å². The van der Waals surface area contributed by atoms with E-state index >= 15 is 0 Å². The van der Waals surface area contributed by atoms with E-state index in [2.05, 4.69) is 46.8 Å². The maximum atomic E-state index is 8.60. The summed E-state index contributed by atoms with van der Waals surface area (Å²) in [4.78, 5) is 0. The van der Waals surface area contributed by atoms with E-state index in [1.54, 1.807) is 0 Å². The first-order chi connectivity index (χ1) is 29.2. The van der Waals surface area contributed by atoms with E-state index in [0.717, 1.165) is 12.2 Å². The molecule has 0 heterocycles. The highest BCUT2D eigenvalue weighted by Gasteiger charge is 2.27. The fourth-order valence-electron chi connectivity index (χ4n) is 5.67. The summed E-state index contributed by atoms with van der Waals surface area (Å²) in [6.07, 6.45) is 1.11. The van der Waals surface area contributed by atoms with Gasteiger partial charge in [-0.15, -0.1) is 0 Å². The summed E-state index contributed by atoms with van der Waals surface area (Å²) in [6, 6.07) is 8.42. The first-order valence-electron chi connectivity index (χ1n) is 21.7. The Morgan fingerprint density at radius 2 is 0.533 bits per heavy atom. The quantitative estimate of drug-likeness (QED) is 0.0937. The van der Waals surface area contributed by atoms with E-state index in [1.165, 1.54) is 5.56 Å². The molecule has 0 atom stereocenters. The molecule has 0 spiro atoms. The predicted octanol–water partition coefficient (Wildman–Crippen LogP) is 4.00. The number of hydrogen-bond donors (Lipinski definition) is 1. The second-order valence-corrected chi connectivity index (χ2v) is 15.3. The van der Waals surface area contributed by atoms with Crippen LogP contribution in [0.1, 0.15) is 46.6 Å². The lowest BCUT2D eigenvalue weighted by Crippen LogP contribution is -2.24. The Kier molecular flexibility index (Phi) is 39.0. The highest BCUT2D eigenvalue weighted by Crippen LogP contribution is 2.36. The summed E-state index contributed by atoms with van der Waals surface area (Å²) < 4.78 is 82.4. The van der Waals surface area contributed by atoms with Crippen molar-refractivity contribution < 1.29 is 76.2 Å². The van der Waals surface area contributed by atoms with Crippen molar-refractivity contribution in [2.24, 2.45) is 5.41 Å². The van der Waals surface area contributed by atoms with E-state index in [0.29, 0.717) is 192 Å². The summed E-state index contributed by atoms with van der Waals surface area (Å²) in [5.74, 6) is 0.857. The van der Waals surface area contributed by atoms with Crippen LogP contribution in [-0.4, -0.2) is 203 Å². The van der Waals surface area contributed by atoms with Crippen LogP contribution in [0.2, 0.25) is 0 Å². The third-order valence-electron chi connectivity index (χ3n) is 8.18. The van der Waals surface area contributed by atoms with Crippen LogP contribution < -0.4 is 4.74 Å². The fraction of sp³-hybridized carbons (Fsp3) is 0.864. The molecule has 60 heavy (non-hydrogen) atoms. The maximum absolute atomic E-state index is 8.60. The molecule has 1 aromatic carbocycles. The van der Waals surface area contributed by atoms with E-state index in [1.807, 2.05) is 12.1 Å². The SMILES string of the molecule is CC(C)(C)CC(C)(C)c1ccc(OCCOCCOCCOCCOCCOCCOCCOCCOCCOCCOCCOCCOCCOCCOCCO)cc1. The Morgan fingerprint density at radius 1 is 0.317 bits per heavy atom. The molecule has 1 N–H and O–H groups in total. The summed E-state index contributed by atoms with van der Waals surface area (Å²) in [7, 11) is 0. The van der Waals surface area contributed by atoms with Crippen LogP contribution in [0.5, 0.6) is 5.75 Å². The lowest BCUT2D eigenvalue weighted by atomic mass is 9.72. The van der Waals surface area contributed by atoms with E-state index in [-0.39, 0.29) is 17.4 Å².